The number of aliphatic hydroxyl groups is 1. The molecule has 0 heterocycles. The van der Waals surface area contributed by atoms with Crippen LogP contribution in [0.5, 0.6) is 5.75 Å². The van der Waals surface area contributed by atoms with Crippen molar-refractivity contribution in [2.75, 3.05) is 6.61 Å². The van der Waals surface area contributed by atoms with E-state index < -0.39 is 6.10 Å². The molecular formula is C17H27ClO2. The zero-order valence-electron chi connectivity index (χ0n) is 12.7. The van der Waals surface area contributed by atoms with Gasteiger partial charge in [-0.3, -0.25) is 0 Å². The van der Waals surface area contributed by atoms with E-state index in [0.29, 0.717) is 17.4 Å². The Labute approximate surface area is 128 Å². The molecule has 114 valence electrons. The highest BCUT2D eigenvalue weighted by atomic mass is 35.5. The number of halogens is 1. The maximum absolute atomic E-state index is 9.47. The zero-order valence-corrected chi connectivity index (χ0v) is 13.5. The van der Waals surface area contributed by atoms with Gasteiger partial charge in [0.2, 0.25) is 0 Å². The molecule has 0 amide bonds. The Hall–Kier alpha value is -0.730. The lowest BCUT2D eigenvalue weighted by Gasteiger charge is -2.10. The van der Waals surface area contributed by atoms with Crippen molar-refractivity contribution < 1.29 is 9.84 Å². The van der Waals surface area contributed by atoms with Crippen LogP contribution in [-0.2, 0) is 0 Å². The van der Waals surface area contributed by atoms with Crippen LogP contribution in [0.15, 0.2) is 18.2 Å². The summed E-state index contributed by atoms with van der Waals surface area (Å²) in [5, 5.41) is 10.0. The topological polar surface area (TPSA) is 29.5 Å². The van der Waals surface area contributed by atoms with E-state index in [4.69, 9.17) is 16.3 Å². The second-order valence-corrected chi connectivity index (χ2v) is 5.74. The van der Waals surface area contributed by atoms with E-state index in [9.17, 15) is 5.11 Å². The first-order valence-electron chi connectivity index (χ1n) is 7.75. The van der Waals surface area contributed by atoms with E-state index in [0.717, 1.165) is 12.0 Å². The van der Waals surface area contributed by atoms with Crippen molar-refractivity contribution in [2.45, 2.75) is 64.9 Å². The van der Waals surface area contributed by atoms with E-state index >= 15 is 0 Å². The van der Waals surface area contributed by atoms with E-state index in [1.807, 2.05) is 12.1 Å². The fourth-order valence-corrected chi connectivity index (χ4v) is 2.38. The maximum Gasteiger partial charge on any atom is 0.137 e. The normalized spacial score (nSPS) is 12.4. The van der Waals surface area contributed by atoms with Gasteiger partial charge in [-0.15, -0.1) is 0 Å². The highest BCUT2D eigenvalue weighted by Crippen LogP contribution is 2.28. The number of hydrogen-bond donors (Lipinski definition) is 1. The van der Waals surface area contributed by atoms with Crippen LogP contribution >= 0.6 is 11.6 Å². The molecule has 0 saturated carbocycles. The second-order valence-electron chi connectivity index (χ2n) is 5.34. The number of ether oxygens (including phenoxy) is 1. The molecule has 3 heteroatoms. The first kappa shape index (κ1) is 17.3. The van der Waals surface area contributed by atoms with Gasteiger partial charge in [-0.2, -0.15) is 0 Å². The van der Waals surface area contributed by atoms with Gasteiger partial charge in [0, 0.05) is 0 Å². The van der Waals surface area contributed by atoms with Crippen molar-refractivity contribution in [3.63, 3.8) is 0 Å². The molecule has 0 spiro atoms. The van der Waals surface area contributed by atoms with E-state index in [2.05, 4.69) is 6.92 Å². The Balaban J connectivity index is 2.19. The molecule has 0 radical (unpaired) electrons. The van der Waals surface area contributed by atoms with Crippen molar-refractivity contribution in [3.05, 3.63) is 28.8 Å². The molecule has 0 aliphatic carbocycles. The first-order chi connectivity index (χ1) is 9.65. The van der Waals surface area contributed by atoms with Crippen LogP contribution in [0.1, 0.15) is 70.5 Å². The highest BCUT2D eigenvalue weighted by molar-refractivity contribution is 6.32. The van der Waals surface area contributed by atoms with Gasteiger partial charge < -0.3 is 9.84 Å². The average molecular weight is 299 g/mol. The minimum absolute atomic E-state index is 0.496. The van der Waals surface area contributed by atoms with Crippen molar-refractivity contribution >= 4 is 11.6 Å². The van der Waals surface area contributed by atoms with Crippen molar-refractivity contribution in [3.8, 4) is 5.75 Å². The molecule has 20 heavy (non-hydrogen) atoms. The molecule has 1 N–H and O–H groups in total. The predicted molar refractivity (Wildman–Crippen MR) is 85.6 cm³/mol. The third-order valence-corrected chi connectivity index (χ3v) is 3.74. The lowest BCUT2D eigenvalue weighted by Crippen LogP contribution is -1.99. The van der Waals surface area contributed by atoms with Gasteiger partial charge in [0.25, 0.3) is 0 Å². The molecule has 0 aliphatic heterocycles. The van der Waals surface area contributed by atoms with Gasteiger partial charge >= 0.3 is 0 Å². The highest BCUT2D eigenvalue weighted by Gasteiger charge is 2.06. The molecule has 0 saturated heterocycles. The molecule has 2 nitrogen and oxygen atoms in total. The second kappa shape index (κ2) is 10.1. The van der Waals surface area contributed by atoms with Gasteiger partial charge in [0.05, 0.1) is 17.7 Å². The summed E-state index contributed by atoms with van der Waals surface area (Å²) < 4.78 is 5.69. The van der Waals surface area contributed by atoms with Crippen LogP contribution in [0.2, 0.25) is 5.02 Å². The Morgan fingerprint density at radius 1 is 1.10 bits per heavy atom. The fourth-order valence-electron chi connectivity index (χ4n) is 2.14. The Kier molecular flexibility index (Phi) is 8.72. The lowest BCUT2D eigenvalue weighted by atomic mass is 10.1. The standard InChI is InChI=1S/C17H27ClO2/c1-3-4-5-6-7-8-9-12-20-17-11-10-15(14(2)19)13-16(17)18/h10-11,13-14,19H,3-9,12H2,1-2H3/t14-/m1/s1. The predicted octanol–water partition coefficient (Wildman–Crippen LogP) is 5.52. The summed E-state index contributed by atoms with van der Waals surface area (Å²) in [6.07, 6.45) is 8.41. The van der Waals surface area contributed by atoms with Crippen LogP contribution in [0.25, 0.3) is 0 Å². The molecular weight excluding hydrogens is 272 g/mol. The minimum atomic E-state index is -0.496. The van der Waals surface area contributed by atoms with Gasteiger partial charge in [0.1, 0.15) is 5.75 Å². The third kappa shape index (κ3) is 6.62. The third-order valence-electron chi connectivity index (χ3n) is 3.44. The van der Waals surface area contributed by atoms with E-state index in [1.165, 1.54) is 38.5 Å². The summed E-state index contributed by atoms with van der Waals surface area (Å²) >= 11 is 6.13. The molecule has 1 aromatic rings. The molecule has 1 atom stereocenters. The number of hydrogen-bond acceptors (Lipinski definition) is 2. The zero-order chi connectivity index (χ0) is 14.8. The Morgan fingerprint density at radius 3 is 2.35 bits per heavy atom. The summed E-state index contributed by atoms with van der Waals surface area (Å²) in [6.45, 7) is 4.67. The summed E-state index contributed by atoms with van der Waals surface area (Å²) in [5.74, 6) is 0.710. The van der Waals surface area contributed by atoms with Gasteiger partial charge in [0.15, 0.2) is 0 Å². The molecule has 0 bridgehead atoms. The Morgan fingerprint density at radius 2 is 1.75 bits per heavy atom. The molecule has 0 aliphatic rings. The molecule has 0 fully saturated rings. The van der Waals surface area contributed by atoms with Crippen LogP contribution in [0, 0.1) is 0 Å². The SMILES string of the molecule is CCCCCCCCCOc1ccc([C@@H](C)O)cc1Cl. The molecule has 1 aromatic carbocycles. The van der Waals surface area contributed by atoms with Crippen LogP contribution in [0.3, 0.4) is 0 Å². The van der Waals surface area contributed by atoms with Crippen LogP contribution in [-0.4, -0.2) is 11.7 Å². The Bertz CT molecular complexity index is 377. The summed E-state index contributed by atoms with van der Waals surface area (Å²) in [6, 6.07) is 5.47. The number of aliphatic hydroxyl groups excluding tert-OH is 1. The van der Waals surface area contributed by atoms with E-state index in [1.54, 1.807) is 13.0 Å². The largest absolute Gasteiger partial charge is 0.492 e. The number of unbranched alkanes of at least 4 members (excludes halogenated alkanes) is 6. The van der Waals surface area contributed by atoms with Crippen LogP contribution in [0.4, 0.5) is 0 Å². The summed E-state index contributed by atoms with van der Waals surface area (Å²) in [5.41, 5.74) is 0.818. The fraction of sp³-hybridized carbons (Fsp3) is 0.647. The average Bonchev–Trinajstić information content (AvgIpc) is 2.43. The quantitative estimate of drug-likeness (QED) is 0.576. The van der Waals surface area contributed by atoms with Crippen molar-refractivity contribution in [1.29, 1.82) is 0 Å². The summed E-state index contributed by atoms with van der Waals surface area (Å²) in [7, 11) is 0. The maximum atomic E-state index is 9.47. The van der Waals surface area contributed by atoms with Crippen LogP contribution < -0.4 is 4.74 Å². The lowest BCUT2D eigenvalue weighted by molar-refractivity contribution is 0.199. The molecule has 0 unspecified atom stereocenters. The molecule has 1 rings (SSSR count). The minimum Gasteiger partial charge on any atom is -0.492 e. The van der Waals surface area contributed by atoms with Gasteiger partial charge in [-0.1, -0.05) is 63.1 Å². The molecule has 0 aromatic heterocycles. The van der Waals surface area contributed by atoms with Crippen molar-refractivity contribution in [2.24, 2.45) is 0 Å². The first-order valence-corrected chi connectivity index (χ1v) is 8.13. The van der Waals surface area contributed by atoms with Crippen molar-refractivity contribution in [1.82, 2.24) is 0 Å². The number of rotatable bonds is 10. The number of benzene rings is 1. The monoisotopic (exact) mass is 298 g/mol. The van der Waals surface area contributed by atoms with E-state index in [-0.39, 0.29) is 0 Å². The van der Waals surface area contributed by atoms with Gasteiger partial charge in [-0.05, 0) is 31.0 Å². The smallest absolute Gasteiger partial charge is 0.137 e. The van der Waals surface area contributed by atoms with Gasteiger partial charge in [-0.25, -0.2) is 0 Å². The summed E-state index contributed by atoms with van der Waals surface area (Å²) in [4.78, 5) is 0.